The first kappa shape index (κ1) is 18.2. The van der Waals surface area contributed by atoms with Crippen LogP contribution in [0.15, 0.2) is 67.0 Å². The van der Waals surface area contributed by atoms with Crippen molar-refractivity contribution < 1.29 is 9.59 Å². The van der Waals surface area contributed by atoms with Crippen LogP contribution in [0.4, 0.5) is 16.2 Å². The van der Waals surface area contributed by atoms with Crippen molar-refractivity contribution >= 4 is 23.3 Å². The van der Waals surface area contributed by atoms with Crippen LogP contribution in [0.5, 0.6) is 0 Å². The Morgan fingerprint density at radius 2 is 1.56 bits per heavy atom. The summed E-state index contributed by atoms with van der Waals surface area (Å²) in [7, 11) is 3.36. The van der Waals surface area contributed by atoms with Crippen LogP contribution in [0.25, 0.3) is 11.1 Å². The van der Waals surface area contributed by atoms with E-state index in [0.29, 0.717) is 11.4 Å². The van der Waals surface area contributed by atoms with Gasteiger partial charge in [-0.2, -0.15) is 5.10 Å². The minimum atomic E-state index is -0.374. The number of urea groups is 1. The number of anilines is 2. The van der Waals surface area contributed by atoms with E-state index in [4.69, 9.17) is 0 Å². The highest BCUT2D eigenvalue weighted by atomic mass is 16.2. The van der Waals surface area contributed by atoms with Gasteiger partial charge in [0.15, 0.2) is 0 Å². The Hall–Kier alpha value is -3.61. The molecule has 1 aromatic heterocycles. The van der Waals surface area contributed by atoms with Crippen molar-refractivity contribution in [2.75, 3.05) is 24.7 Å². The van der Waals surface area contributed by atoms with Gasteiger partial charge in [0.25, 0.3) is 0 Å². The minimum Gasteiger partial charge on any atom is -0.347 e. The van der Waals surface area contributed by atoms with Crippen molar-refractivity contribution in [1.82, 2.24) is 14.7 Å². The molecule has 3 amide bonds. The molecule has 2 N–H and O–H groups in total. The molecule has 0 fully saturated rings. The van der Waals surface area contributed by atoms with Crippen molar-refractivity contribution in [2.45, 2.75) is 6.54 Å². The van der Waals surface area contributed by atoms with Crippen molar-refractivity contribution in [2.24, 2.45) is 0 Å². The van der Waals surface area contributed by atoms with Crippen LogP contribution in [-0.2, 0) is 11.3 Å². The van der Waals surface area contributed by atoms with Crippen molar-refractivity contribution in [3.05, 3.63) is 67.0 Å². The van der Waals surface area contributed by atoms with Crippen molar-refractivity contribution in [3.63, 3.8) is 0 Å². The van der Waals surface area contributed by atoms with E-state index in [0.717, 1.165) is 11.1 Å². The number of carbonyl (C=O) groups is 2. The van der Waals surface area contributed by atoms with Crippen molar-refractivity contribution in [1.29, 1.82) is 0 Å². The quantitative estimate of drug-likeness (QED) is 0.730. The highest BCUT2D eigenvalue weighted by Gasteiger charge is 2.09. The van der Waals surface area contributed by atoms with E-state index in [1.165, 1.54) is 15.8 Å². The molecule has 138 valence electrons. The molecule has 3 rings (SSSR count). The molecule has 0 aliphatic rings. The van der Waals surface area contributed by atoms with Gasteiger partial charge in [0, 0.05) is 26.0 Å². The van der Waals surface area contributed by atoms with Crippen LogP contribution < -0.4 is 10.6 Å². The Morgan fingerprint density at radius 1 is 0.926 bits per heavy atom. The van der Waals surface area contributed by atoms with Gasteiger partial charge < -0.3 is 15.5 Å². The number of likely N-dealkylation sites (N-methyl/N-ethyl adjacent to an activating group) is 1. The van der Waals surface area contributed by atoms with Crippen LogP contribution in [0.2, 0.25) is 0 Å². The van der Waals surface area contributed by atoms with Crippen LogP contribution in [-0.4, -0.2) is 40.7 Å². The van der Waals surface area contributed by atoms with Gasteiger partial charge in [-0.1, -0.05) is 42.5 Å². The number of nitrogens with zero attached hydrogens (tertiary/aromatic N) is 3. The number of nitrogens with one attached hydrogen (secondary N) is 2. The summed E-state index contributed by atoms with van der Waals surface area (Å²) in [5, 5.41) is 9.55. The number of carbonyl (C=O) groups excluding carboxylic acids is 2. The molecule has 0 saturated carbocycles. The number of aromatic nitrogens is 2. The molecule has 27 heavy (non-hydrogen) atoms. The molecule has 0 aliphatic heterocycles. The second-order valence-corrected chi connectivity index (χ2v) is 6.24. The van der Waals surface area contributed by atoms with E-state index in [1.807, 2.05) is 54.6 Å². The summed E-state index contributed by atoms with van der Waals surface area (Å²) >= 11 is 0. The van der Waals surface area contributed by atoms with Gasteiger partial charge >= 0.3 is 6.03 Å². The molecular weight excluding hydrogens is 342 g/mol. The van der Waals surface area contributed by atoms with Crippen LogP contribution in [0.3, 0.4) is 0 Å². The van der Waals surface area contributed by atoms with E-state index in [1.54, 1.807) is 20.3 Å². The van der Waals surface area contributed by atoms with E-state index < -0.39 is 0 Å². The summed E-state index contributed by atoms with van der Waals surface area (Å²) in [5.74, 6) is -0.0763. The summed E-state index contributed by atoms with van der Waals surface area (Å²) in [5.41, 5.74) is 3.39. The van der Waals surface area contributed by atoms with Crippen LogP contribution in [0, 0.1) is 0 Å². The molecule has 7 heteroatoms. The monoisotopic (exact) mass is 363 g/mol. The van der Waals surface area contributed by atoms with Gasteiger partial charge in [0.1, 0.15) is 6.54 Å². The van der Waals surface area contributed by atoms with Crippen molar-refractivity contribution in [3.8, 4) is 11.1 Å². The van der Waals surface area contributed by atoms with E-state index in [9.17, 15) is 9.59 Å². The molecule has 0 saturated heterocycles. The molecule has 2 aromatic carbocycles. The van der Waals surface area contributed by atoms with E-state index in [-0.39, 0.29) is 18.5 Å². The predicted octanol–water partition coefficient (Wildman–Crippen LogP) is 3.28. The largest absolute Gasteiger partial charge is 0.347 e. The third-order valence-corrected chi connectivity index (χ3v) is 3.94. The predicted molar refractivity (Wildman–Crippen MR) is 105 cm³/mol. The van der Waals surface area contributed by atoms with Gasteiger partial charge in [-0.3, -0.25) is 9.48 Å². The van der Waals surface area contributed by atoms with Gasteiger partial charge in [-0.05, 0) is 23.3 Å². The average Bonchev–Trinajstić information content (AvgIpc) is 3.09. The second kappa shape index (κ2) is 8.18. The number of hydrogen-bond donors (Lipinski definition) is 2. The molecule has 0 atom stereocenters. The molecule has 3 aromatic rings. The Morgan fingerprint density at radius 3 is 2.22 bits per heavy atom. The third kappa shape index (κ3) is 4.94. The lowest BCUT2D eigenvalue weighted by molar-refractivity contribution is -0.129. The highest BCUT2D eigenvalue weighted by molar-refractivity contribution is 5.99. The minimum absolute atomic E-state index is 0.0763. The molecule has 1 heterocycles. The first-order valence-corrected chi connectivity index (χ1v) is 8.47. The fraction of sp³-hybridized carbons (Fsp3) is 0.150. The number of benzene rings is 2. The Bertz CT molecular complexity index is 917. The zero-order valence-corrected chi connectivity index (χ0v) is 15.2. The lowest BCUT2D eigenvalue weighted by atomic mass is 10.1. The first-order valence-electron chi connectivity index (χ1n) is 8.47. The second-order valence-electron chi connectivity index (χ2n) is 6.24. The molecular formula is C20H21N5O2. The standard InChI is InChI=1S/C20H21N5O2/c1-24(2)19(26)14-25-13-18(12-21-25)23-20(27)22-17-10-8-16(9-11-17)15-6-4-3-5-7-15/h3-13H,14H2,1-2H3,(H2,22,23,27). The molecule has 7 nitrogen and oxygen atoms in total. The summed E-state index contributed by atoms with van der Waals surface area (Å²) in [6.07, 6.45) is 3.11. The summed E-state index contributed by atoms with van der Waals surface area (Å²) in [4.78, 5) is 25.3. The Labute approximate surface area is 157 Å². The average molecular weight is 363 g/mol. The molecule has 0 radical (unpaired) electrons. The SMILES string of the molecule is CN(C)C(=O)Cn1cc(NC(=O)Nc2ccc(-c3ccccc3)cc2)cn1. The lowest BCUT2D eigenvalue weighted by Gasteiger charge is -2.09. The fourth-order valence-corrected chi connectivity index (χ4v) is 2.46. The molecule has 0 spiro atoms. The van der Waals surface area contributed by atoms with Gasteiger partial charge in [0.2, 0.25) is 5.91 Å². The Balaban J connectivity index is 1.56. The fourth-order valence-electron chi connectivity index (χ4n) is 2.46. The van der Waals surface area contributed by atoms with E-state index in [2.05, 4.69) is 15.7 Å². The molecule has 0 bridgehead atoms. The number of hydrogen-bond acceptors (Lipinski definition) is 3. The summed E-state index contributed by atoms with van der Waals surface area (Å²) in [6.45, 7) is 0.122. The Kier molecular flexibility index (Phi) is 5.51. The van der Waals surface area contributed by atoms with Gasteiger partial charge in [0.05, 0.1) is 11.9 Å². The lowest BCUT2D eigenvalue weighted by Crippen LogP contribution is -2.26. The summed E-state index contributed by atoms with van der Waals surface area (Å²) < 4.78 is 1.48. The highest BCUT2D eigenvalue weighted by Crippen LogP contribution is 2.21. The first-order chi connectivity index (χ1) is 13.0. The maximum absolute atomic E-state index is 12.1. The number of amides is 3. The maximum Gasteiger partial charge on any atom is 0.323 e. The molecule has 0 aliphatic carbocycles. The molecule has 0 unspecified atom stereocenters. The third-order valence-electron chi connectivity index (χ3n) is 3.94. The zero-order valence-electron chi connectivity index (χ0n) is 15.2. The maximum atomic E-state index is 12.1. The topological polar surface area (TPSA) is 79.3 Å². The van der Waals surface area contributed by atoms with Gasteiger partial charge in [-0.25, -0.2) is 4.79 Å². The zero-order chi connectivity index (χ0) is 19.2. The van der Waals surface area contributed by atoms with Crippen LogP contribution in [0.1, 0.15) is 0 Å². The normalized spacial score (nSPS) is 10.3. The van der Waals surface area contributed by atoms with Gasteiger partial charge in [-0.15, -0.1) is 0 Å². The van der Waals surface area contributed by atoms with Crippen LogP contribution >= 0.6 is 0 Å². The smallest absolute Gasteiger partial charge is 0.323 e. The number of rotatable bonds is 5. The van der Waals surface area contributed by atoms with E-state index >= 15 is 0 Å². The summed E-state index contributed by atoms with van der Waals surface area (Å²) in [6, 6.07) is 17.3.